The van der Waals surface area contributed by atoms with Gasteiger partial charge >= 0.3 is 0 Å². The highest BCUT2D eigenvalue weighted by Gasteiger charge is 2.09. The van der Waals surface area contributed by atoms with Gasteiger partial charge in [-0.15, -0.1) is 0 Å². The van der Waals surface area contributed by atoms with Crippen LogP contribution in [0, 0.1) is 13.8 Å². The van der Waals surface area contributed by atoms with E-state index in [4.69, 9.17) is 5.84 Å². The van der Waals surface area contributed by atoms with Crippen LogP contribution in [0.4, 0.5) is 5.13 Å². The Morgan fingerprint density at radius 3 is 2.78 bits per heavy atom. The average Bonchev–Trinajstić information content (AvgIpc) is 2.81. The maximum atomic E-state index is 12.0. The number of hydrogen-bond donors (Lipinski definition) is 3. The number of nitrogen functional groups attached to an aromatic ring is 1. The van der Waals surface area contributed by atoms with Crippen molar-refractivity contribution in [2.75, 3.05) is 5.43 Å². The van der Waals surface area contributed by atoms with E-state index in [0.717, 1.165) is 4.88 Å². The lowest BCUT2D eigenvalue weighted by atomic mass is 10.2. The second-order valence-corrected chi connectivity index (χ2v) is 4.97. The van der Waals surface area contributed by atoms with Gasteiger partial charge in [0, 0.05) is 22.2 Å². The summed E-state index contributed by atoms with van der Waals surface area (Å²) in [4.78, 5) is 28.4. The Hall–Kier alpha value is -1.93. The number of nitrogens with two attached hydrogens (primary N) is 1. The van der Waals surface area contributed by atoms with E-state index >= 15 is 0 Å². The number of aromatic amines is 1. The molecule has 4 N–H and O–H groups in total. The first-order valence-corrected chi connectivity index (χ1v) is 6.06. The van der Waals surface area contributed by atoms with Crippen molar-refractivity contribution in [3.63, 3.8) is 0 Å². The lowest BCUT2D eigenvalue weighted by molar-refractivity contribution is 0.623. The van der Waals surface area contributed by atoms with E-state index in [1.54, 1.807) is 20.0 Å². The highest BCUT2D eigenvalue weighted by molar-refractivity contribution is 7.15. The lowest BCUT2D eigenvalue weighted by Gasteiger charge is -2.06. The van der Waals surface area contributed by atoms with Crippen molar-refractivity contribution in [2.24, 2.45) is 5.84 Å². The topological polar surface area (TPSA) is 106 Å². The molecule has 0 saturated carbocycles. The van der Waals surface area contributed by atoms with Crippen molar-refractivity contribution in [2.45, 2.75) is 20.4 Å². The predicted octanol–water partition coefficient (Wildman–Crippen LogP) is -0.0562. The molecule has 0 aromatic carbocycles. The van der Waals surface area contributed by atoms with E-state index in [9.17, 15) is 9.59 Å². The highest BCUT2D eigenvalue weighted by Crippen LogP contribution is 2.16. The van der Waals surface area contributed by atoms with E-state index < -0.39 is 0 Å². The summed E-state index contributed by atoms with van der Waals surface area (Å²) in [5.41, 5.74) is 2.87. The fourth-order valence-electron chi connectivity index (χ4n) is 1.50. The molecular formula is C10H13N5O2S. The molecule has 96 valence electrons. The predicted molar refractivity (Wildman–Crippen MR) is 69.8 cm³/mol. The summed E-state index contributed by atoms with van der Waals surface area (Å²) in [6.45, 7) is 3.54. The Labute approximate surface area is 106 Å². The molecule has 18 heavy (non-hydrogen) atoms. The smallest absolute Gasteiger partial charge is 0.268 e. The minimum atomic E-state index is -0.256. The molecule has 2 aromatic heterocycles. The van der Waals surface area contributed by atoms with E-state index in [1.807, 2.05) is 0 Å². The van der Waals surface area contributed by atoms with E-state index in [1.165, 1.54) is 16.0 Å². The van der Waals surface area contributed by atoms with Crippen LogP contribution in [0.25, 0.3) is 0 Å². The number of H-pyrrole nitrogens is 1. The zero-order chi connectivity index (χ0) is 13.3. The molecule has 0 aliphatic carbocycles. The van der Waals surface area contributed by atoms with Gasteiger partial charge in [-0.1, -0.05) is 11.3 Å². The largest absolute Gasteiger partial charge is 0.300 e. The zero-order valence-corrected chi connectivity index (χ0v) is 10.8. The molecular weight excluding hydrogens is 254 g/mol. The van der Waals surface area contributed by atoms with Crippen molar-refractivity contribution in [3.8, 4) is 0 Å². The van der Waals surface area contributed by atoms with Gasteiger partial charge in [0.05, 0.1) is 6.54 Å². The summed E-state index contributed by atoms with van der Waals surface area (Å²) in [5.74, 6) is 5.23. The van der Waals surface area contributed by atoms with Gasteiger partial charge in [0.1, 0.15) is 0 Å². The van der Waals surface area contributed by atoms with Gasteiger partial charge in [-0.05, 0) is 13.8 Å². The molecule has 0 bridgehead atoms. The fourth-order valence-corrected chi connectivity index (χ4v) is 2.22. The van der Waals surface area contributed by atoms with Crippen LogP contribution < -0.4 is 22.4 Å². The summed E-state index contributed by atoms with van der Waals surface area (Å²) >= 11 is 1.32. The molecule has 0 atom stereocenters. The SMILES string of the molecule is Cc1c(C)c(=O)n(Cc2cnc(NN)s2)[nH]c1=O. The molecule has 0 aliphatic heterocycles. The first-order chi connectivity index (χ1) is 8.52. The van der Waals surface area contributed by atoms with E-state index in [-0.39, 0.29) is 17.7 Å². The second kappa shape index (κ2) is 4.75. The molecule has 0 radical (unpaired) electrons. The van der Waals surface area contributed by atoms with Gasteiger partial charge in [0.2, 0.25) is 0 Å². The van der Waals surface area contributed by atoms with Gasteiger partial charge in [0.25, 0.3) is 11.1 Å². The Morgan fingerprint density at radius 2 is 2.17 bits per heavy atom. The Balaban J connectivity index is 2.41. The van der Waals surface area contributed by atoms with Crippen molar-refractivity contribution >= 4 is 16.5 Å². The van der Waals surface area contributed by atoms with E-state index in [0.29, 0.717) is 16.3 Å². The summed E-state index contributed by atoms with van der Waals surface area (Å²) < 4.78 is 1.28. The number of anilines is 1. The highest BCUT2D eigenvalue weighted by atomic mass is 32.1. The first-order valence-electron chi connectivity index (χ1n) is 5.24. The van der Waals surface area contributed by atoms with Crippen LogP contribution in [0.3, 0.4) is 0 Å². The Bertz CT molecular complexity index is 684. The molecule has 7 nitrogen and oxygen atoms in total. The third kappa shape index (κ3) is 2.20. The summed E-state index contributed by atoms with van der Waals surface area (Å²) in [6.07, 6.45) is 1.61. The molecule has 0 saturated heterocycles. The third-order valence-corrected chi connectivity index (χ3v) is 3.61. The van der Waals surface area contributed by atoms with Gasteiger partial charge in [0.15, 0.2) is 5.13 Å². The van der Waals surface area contributed by atoms with Crippen LogP contribution in [0.5, 0.6) is 0 Å². The molecule has 0 spiro atoms. The van der Waals surface area contributed by atoms with Crippen molar-refractivity contribution in [1.82, 2.24) is 14.8 Å². The number of hydrogen-bond acceptors (Lipinski definition) is 6. The maximum absolute atomic E-state index is 12.0. The quantitative estimate of drug-likeness (QED) is 0.534. The van der Waals surface area contributed by atoms with Crippen LogP contribution in [0.15, 0.2) is 15.8 Å². The summed E-state index contributed by atoms with van der Waals surface area (Å²) in [6, 6.07) is 0. The minimum Gasteiger partial charge on any atom is -0.300 e. The van der Waals surface area contributed by atoms with Crippen LogP contribution in [-0.4, -0.2) is 14.8 Å². The van der Waals surface area contributed by atoms with Crippen molar-refractivity contribution < 1.29 is 0 Å². The molecule has 2 aromatic rings. The molecule has 0 fully saturated rings. The lowest BCUT2D eigenvalue weighted by Crippen LogP contribution is -2.33. The van der Waals surface area contributed by atoms with Crippen LogP contribution in [0.2, 0.25) is 0 Å². The number of hydrazine groups is 1. The number of nitrogens with one attached hydrogen (secondary N) is 2. The second-order valence-electron chi connectivity index (χ2n) is 3.86. The maximum Gasteiger partial charge on any atom is 0.268 e. The molecule has 0 aliphatic rings. The third-order valence-electron chi connectivity index (χ3n) is 2.70. The number of nitrogens with zero attached hydrogens (tertiary/aromatic N) is 2. The van der Waals surface area contributed by atoms with Gasteiger partial charge in [-0.25, -0.2) is 15.5 Å². The number of rotatable bonds is 3. The molecule has 2 heterocycles. The van der Waals surface area contributed by atoms with Crippen molar-refractivity contribution in [1.29, 1.82) is 0 Å². The van der Waals surface area contributed by atoms with Gasteiger partial charge in [-0.3, -0.25) is 20.1 Å². The fraction of sp³-hybridized carbons (Fsp3) is 0.300. The van der Waals surface area contributed by atoms with Gasteiger partial charge in [-0.2, -0.15) is 0 Å². The van der Waals surface area contributed by atoms with Crippen molar-refractivity contribution in [3.05, 3.63) is 42.9 Å². The molecule has 8 heteroatoms. The minimum absolute atomic E-state index is 0.206. The Kier molecular flexibility index (Phi) is 3.30. The van der Waals surface area contributed by atoms with E-state index in [2.05, 4.69) is 15.5 Å². The normalized spacial score (nSPS) is 10.6. The van der Waals surface area contributed by atoms with Crippen LogP contribution >= 0.6 is 11.3 Å². The molecule has 0 amide bonds. The number of aromatic nitrogens is 3. The standard InChI is InChI=1S/C10H13N5O2S/c1-5-6(2)9(17)15(14-8(5)16)4-7-3-12-10(13-11)18-7/h3H,4,11H2,1-2H3,(H,12,13)(H,14,16). The summed E-state index contributed by atoms with van der Waals surface area (Å²) in [7, 11) is 0. The zero-order valence-electron chi connectivity index (χ0n) is 9.98. The molecule has 2 rings (SSSR count). The molecule has 0 unspecified atom stereocenters. The number of thiazole rings is 1. The Morgan fingerprint density at radius 1 is 1.44 bits per heavy atom. The average molecular weight is 267 g/mol. The summed E-state index contributed by atoms with van der Waals surface area (Å²) in [5, 5.41) is 3.10. The monoisotopic (exact) mass is 267 g/mol. The van der Waals surface area contributed by atoms with Crippen LogP contribution in [-0.2, 0) is 6.54 Å². The first kappa shape index (κ1) is 12.5. The van der Waals surface area contributed by atoms with Crippen LogP contribution in [0.1, 0.15) is 16.0 Å². The van der Waals surface area contributed by atoms with Gasteiger partial charge < -0.3 is 0 Å².